The molecule has 2 aliphatic rings. The van der Waals surface area contributed by atoms with Crippen LogP contribution < -0.4 is 10.6 Å². The van der Waals surface area contributed by atoms with E-state index in [1.807, 2.05) is 4.90 Å². The maximum Gasteiger partial charge on any atom is 0.239 e. The second-order valence-electron chi connectivity index (χ2n) is 6.51. The van der Waals surface area contributed by atoms with Crippen LogP contribution in [0.3, 0.4) is 0 Å². The van der Waals surface area contributed by atoms with Crippen LogP contribution in [0.1, 0.15) is 6.42 Å². The van der Waals surface area contributed by atoms with E-state index in [4.69, 9.17) is 0 Å². The largest absolute Gasteiger partial charge is 0.392 e. The SMILES string of the molecule is Cl.Cl.O=C(CN1CCN(C(=O)C2CC(O)CN2)CC1)Nc1ccc(F)cc1. The number of amides is 2. The zero-order chi connectivity index (χ0) is 17.8. The summed E-state index contributed by atoms with van der Waals surface area (Å²) < 4.78 is 12.9. The number of nitrogens with zero attached hydrogens (tertiary/aromatic N) is 2. The molecule has 0 bridgehead atoms. The van der Waals surface area contributed by atoms with Crippen LogP contribution in [0.4, 0.5) is 10.1 Å². The fourth-order valence-electron chi connectivity index (χ4n) is 3.19. The summed E-state index contributed by atoms with van der Waals surface area (Å²) in [6, 6.07) is 5.34. The summed E-state index contributed by atoms with van der Waals surface area (Å²) in [6.07, 6.45) is 0.00413. The van der Waals surface area contributed by atoms with E-state index in [1.165, 1.54) is 24.3 Å². The van der Waals surface area contributed by atoms with Gasteiger partial charge in [-0.25, -0.2) is 4.39 Å². The Morgan fingerprint density at radius 2 is 1.78 bits per heavy atom. The van der Waals surface area contributed by atoms with E-state index >= 15 is 0 Å². The van der Waals surface area contributed by atoms with Crippen molar-refractivity contribution in [2.75, 3.05) is 44.6 Å². The van der Waals surface area contributed by atoms with Crippen LogP contribution in [0.25, 0.3) is 0 Å². The zero-order valence-corrected chi connectivity index (χ0v) is 16.4. The van der Waals surface area contributed by atoms with E-state index < -0.39 is 6.10 Å². The minimum atomic E-state index is -0.453. The van der Waals surface area contributed by atoms with Gasteiger partial charge < -0.3 is 20.6 Å². The van der Waals surface area contributed by atoms with Crippen molar-refractivity contribution in [3.8, 4) is 0 Å². The van der Waals surface area contributed by atoms with Crippen molar-refractivity contribution >= 4 is 42.3 Å². The molecule has 2 fully saturated rings. The average Bonchev–Trinajstić information content (AvgIpc) is 3.03. The van der Waals surface area contributed by atoms with Gasteiger partial charge in [0.2, 0.25) is 11.8 Å². The average molecular weight is 423 g/mol. The summed E-state index contributed by atoms with van der Waals surface area (Å²) in [4.78, 5) is 28.2. The van der Waals surface area contributed by atoms with Crippen molar-refractivity contribution < 1.29 is 19.1 Å². The fourth-order valence-corrected chi connectivity index (χ4v) is 3.19. The summed E-state index contributed by atoms with van der Waals surface area (Å²) in [7, 11) is 0. The fraction of sp³-hybridized carbons (Fsp3) is 0.529. The quantitative estimate of drug-likeness (QED) is 0.656. The molecule has 0 aromatic heterocycles. The zero-order valence-electron chi connectivity index (χ0n) is 14.8. The number of halogens is 3. The Kier molecular flexibility index (Phi) is 9.41. The summed E-state index contributed by atoms with van der Waals surface area (Å²) in [6.45, 7) is 3.07. The molecule has 1 aromatic rings. The molecular formula is C17H25Cl2FN4O3. The highest BCUT2D eigenvalue weighted by Crippen LogP contribution is 2.12. The number of hydrogen-bond acceptors (Lipinski definition) is 5. The predicted molar refractivity (Wildman–Crippen MR) is 105 cm³/mol. The Labute approximate surface area is 170 Å². The molecular weight excluding hydrogens is 398 g/mol. The van der Waals surface area contributed by atoms with Crippen molar-refractivity contribution in [3.63, 3.8) is 0 Å². The molecule has 2 heterocycles. The molecule has 7 nitrogen and oxygen atoms in total. The van der Waals surface area contributed by atoms with Gasteiger partial charge in [-0.15, -0.1) is 24.8 Å². The smallest absolute Gasteiger partial charge is 0.239 e. The van der Waals surface area contributed by atoms with E-state index in [2.05, 4.69) is 10.6 Å². The molecule has 2 saturated heterocycles. The maximum atomic E-state index is 12.9. The second-order valence-corrected chi connectivity index (χ2v) is 6.51. The third-order valence-electron chi connectivity index (χ3n) is 4.58. The molecule has 10 heteroatoms. The molecule has 3 rings (SSSR count). The topological polar surface area (TPSA) is 84.9 Å². The lowest BCUT2D eigenvalue weighted by molar-refractivity contribution is -0.135. The Bertz CT molecular complexity index is 627. The van der Waals surface area contributed by atoms with Crippen LogP contribution in [-0.2, 0) is 9.59 Å². The minimum Gasteiger partial charge on any atom is -0.392 e. The molecule has 2 atom stereocenters. The standard InChI is InChI=1S/C17H23FN4O3.2ClH/c18-12-1-3-13(4-2-12)20-16(24)11-21-5-7-22(8-6-21)17(25)15-9-14(23)10-19-15;;/h1-4,14-15,19,23H,5-11H2,(H,20,24);2*1H. The number of hydrogen-bond donors (Lipinski definition) is 3. The minimum absolute atomic E-state index is 0. The van der Waals surface area contributed by atoms with Gasteiger partial charge in [-0.1, -0.05) is 0 Å². The molecule has 152 valence electrons. The van der Waals surface area contributed by atoms with Crippen LogP contribution >= 0.6 is 24.8 Å². The Balaban J connectivity index is 0.00000182. The normalized spacial score (nSPS) is 22.5. The first-order chi connectivity index (χ1) is 12.0. The van der Waals surface area contributed by atoms with E-state index in [-0.39, 0.29) is 55.0 Å². The number of piperazine rings is 1. The van der Waals surface area contributed by atoms with Gasteiger partial charge in [0.1, 0.15) is 5.82 Å². The number of carbonyl (C=O) groups excluding carboxylic acids is 2. The van der Waals surface area contributed by atoms with Crippen molar-refractivity contribution in [3.05, 3.63) is 30.1 Å². The maximum absolute atomic E-state index is 12.9. The highest BCUT2D eigenvalue weighted by atomic mass is 35.5. The van der Waals surface area contributed by atoms with Crippen molar-refractivity contribution in [1.82, 2.24) is 15.1 Å². The number of aliphatic hydroxyl groups excluding tert-OH is 1. The summed E-state index contributed by atoms with van der Waals surface area (Å²) >= 11 is 0. The van der Waals surface area contributed by atoms with Gasteiger partial charge in [-0.2, -0.15) is 0 Å². The predicted octanol–water partition coefficient (Wildman–Crippen LogP) is 0.475. The van der Waals surface area contributed by atoms with Gasteiger partial charge in [0.15, 0.2) is 0 Å². The molecule has 1 aromatic carbocycles. The number of aliphatic hydroxyl groups is 1. The molecule has 27 heavy (non-hydrogen) atoms. The highest BCUT2D eigenvalue weighted by molar-refractivity contribution is 5.92. The Morgan fingerprint density at radius 3 is 2.33 bits per heavy atom. The Morgan fingerprint density at radius 1 is 1.15 bits per heavy atom. The van der Waals surface area contributed by atoms with Crippen LogP contribution in [-0.4, -0.2) is 78.1 Å². The van der Waals surface area contributed by atoms with Crippen LogP contribution in [0, 0.1) is 5.82 Å². The van der Waals surface area contributed by atoms with E-state index in [0.717, 1.165) is 0 Å². The van der Waals surface area contributed by atoms with Crippen molar-refractivity contribution in [2.45, 2.75) is 18.6 Å². The number of anilines is 1. The molecule has 2 aliphatic heterocycles. The lowest BCUT2D eigenvalue weighted by atomic mass is 10.1. The third kappa shape index (κ3) is 6.58. The van der Waals surface area contributed by atoms with Crippen molar-refractivity contribution in [2.24, 2.45) is 0 Å². The van der Waals surface area contributed by atoms with Gasteiger partial charge in [-0.05, 0) is 30.7 Å². The number of nitrogens with one attached hydrogen (secondary N) is 2. The number of benzene rings is 1. The number of rotatable bonds is 4. The molecule has 0 saturated carbocycles. The molecule has 0 aliphatic carbocycles. The first kappa shape index (κ1) is 23.6. The van der Waals surface area contributed by atoms with E-state index in [1.54, 1.807) is 4.90 Å². The molecule has 0 spiro atoms. The molecule has 2 unspecified atom stereocenters. The molecule has 0 radical (unpaired) electrons. The first-order valence-electron chi connectivity index (χ1n) is 8.49. The first-order valence-corrected chi connectivity index (χ1v) is 8.49. The monoisotopic (exact) mass is 422 g/mol. The second kappa shape index (κ2) is 10.8. The summed E-state index contributed by atoms with van der Waals surface area (Å²) in [5.74, 6) is -0.484. The number of β-amino-alcohol motifs (C(OH)–C–C–N with tert-alkyl or cyclic N) is 1. The lowest BCUT2D eigenvalue weighted by Crippen LogP contribution is -2.54. The van der Waals surface area contributed by atoms with Gasteiger partial charge in [-0.3, -0.25) is 14.5 Å². The van der Waals surface area contributed by atoms with Gasteiger partial charge >= 0.3 is 0 Å². The third-order valence-corrected chi connectivity index (χ3v) is 4.58. The van der Waals surface area contributed by atoms with Crippen LogP contribution in [0.15, 0.2) is 24.3 Å². The van der Waals surface area contributed by atoms with Crippen LogP contribution in [0.5, 0.6) is 0 Å². The van der Waals surface area contributed by atoms with Crippen molar-refractivity contribution in [1.29, 1.82) is 0 Å². The van der Waals surface area contributed by atoms with Gasteiger partial charge in [0.05, 0.1) is 18.7 Å². The lowest BCUT2D eigenvalue weighted by Gasteiger charge is -2.35. The molecule has 3 N–H and O–H groups in total. The van der Waals surface area contributed by atoms with E-state index in [9.17, 15) is 19.1 Å². The van der Waals surface area contributed by atoms with Gasteiger partial charge in [0, 0.05) is 38.4 Å². The number of carbonyl (C=O) groups is 2. The van der Waals surface area contributed by atoms with Crippen LogP contribution in [0.2, 0.25) is 0 Å². The molecule has 2 amide bonds. The summed E-state index contributed by atoms with van der Waals surface area (Å²) in [5, 5.41) is 15.3. The summed E-state index contributed by atoms with van der Waals surface area (Å²) in [5.41, 5.74) is 0.561. The van der Waals surface area contributed by atoms with E-state index in [0.29, 0.717) is 44.8 Å². The van der Waals surface area contributed by atoms with Gasteiger partial charge in [0.25, 0.3) is 0 Å². The Hall–Kier alpha value is -1.45. The highest BCUT2D eigenvalue weighted by Gasteiger charge is 2.32.